The van der Waals surface area contributed by atoms with Crippen LogP contribution in [0.2, 0.25) is 0 Å². The maximum atomic E-state index is 10.9. The predicted molar refractivity (Wildman–Crippen MR) is 15.5 cm³/mol. The Morgan fingerprint density at radius 1 is 1.38 bits per heavy atom. The second-order valence-corrected chi connectivity index (χ2v) is 1.18. The van der Waals surface area contributed by atoms with Gasteiger partial charge < -0.3 is 5.11 Å². The molecule has 0 saturated heterocycles. The summed E-state index contributed by atoms with van der Waals surface area (Å²) >= 11 is 0. The van der Waals surface area contributed by atoms with Crippen molar-refractivity contribution in [2.24, 2.45) is 0 Å². The molecule has 0 saturated carbocycles. The van der Waals surface area contributed by atoms with Crippen molar-refractivity contribution in [3.05, 3.63) is 0 Å². The first-order chi connectivity index (χ1) is 2.94. The van der Waals surface area contributed by atoms with Crippen LogP contribution in [-0.2, 0) is 0 Å². The van der Waals surface area contributed by atoms with Crippen molar-refractivity contribution >= 4 is 0 Å². The van der Waals surface area contributed by atoms with E-state index in [1.807, 2.05) is 0 Å². The normalized spacial score (nSPS) is 14.6. The average Bonchev–Trinajstić information content (AvgIpc) is 1.31. The number of rotatable bonds is 0. The van der Waals surface area contributed by atoms with Crippen molar-refractivity contribution < 1.29 is 37.1 Å². The molecule has 0 amide bonds. The summed E-state index contributed by atoms with van der Waals surface area (Å²) in [7, 11) is 0. The number of hydrogen-bond acceptors (Lipinski definition) is 1. The minimum Gasteiger partial charge on any atom is -0.846 e. The standard InChI is InChI=1S/C3H4F3O.Li/c1-2(7)3(4,5)6;/h2H,1H3;/q-1;+1. The van der Waals surface area contributed by atoms with Gasteiger partial charge in [-0.2, -0.15) is 13.2 Å². The van der Waals surface area contributed by atoms with E-state index in [2.05, 4.69) is 0 Å². The number of halogens is 3. The topological polar surface area (TPSA) is 23.1 Å². The molecule has 8 heavy (non-hydrogen) atoms. The molecular weight excluding hydrogens is 116 g/mol. The summed E-state index contributed by atoms with van der Waals surface area (Å²) in [5.74, 6) is 0. The van der Waals surface area contributed by atoms with Gasteiger partial charge in [0.1, 0.15) is 0 Å². The van der Waals surface area contributed by atoms with Gasteiger partial charge in [0.25, 0.3) is 0 Å². The Hall–Kier alpha value is 0.347. The first kappa shape index (κ1) is 11.2. The van der Waals surface area contributed by atoms with Crippen molar-refractivity contribution in [2.75, 3.05) is 0 Å². The molecule has 0 rings (SSSR count). The van der Waals surface area contributed by atoms with E-state index < -0.39 is 12.3 Å². The quantitative estimate of drug-likeness (QED) is 0.319. The second kappa shape index (κ2) is 3.39. The molecule has 0 aromatic rings. The molecule has 0 bridgehead atoms. The van der Waals surface area contributed by atoms with Crippen LogP contribution in [0.5, 0.6) is 0 Å². The zero-order valence-corrected chi connectivity index (χ0v) is 4.62. The first-order valence-corrected chi connectivity index (χ1v) is 1.67. The monoisotopic (exact) mass is 120 g/mol. The van der Waals surface area contributed by atoms with Gasteiger partial charge in [-0.25, -0.2) is 0 Å². The molecule has 0 heterocycles. The molecule has 0 aromatic carbocycles. The van der Waals surface area contributed by atoms with E-state index >= 15 is 0 Å². The van der Waals surface area contributed by atoms with Gasteiger partial charge in [0, 0.05) is 0 Å². The minimum absolute atomic E-state index is 0. The molecule has 5 heteroatoms. The molecule has 0 aliphatic carbocycles. The predicted octanol–water partition coefficient (Wildman–Crippen LogP) is -2.70. The van der Waals surface area contributed by atoms with Crippen LogP contribution in [0.3, 0.4) is 0 Å². The van der Waals surface area contributed by atoms with E-state index in [-0.39, 0.29) is 18.9 Å². The van der Waals surface area contributed by atoms with Crippen molar-refractivity contribution in [1.82, 2.24) is 0 Å². The van der Waals surface area contributed by atoms with E-state index in [1.54, 1.807) is 0 Å². The summed E-state index contributed by atoms with van der Waals surface area (Å²) in [5, 5.41) is 9.42. The Morgan fingerprint density at radius 2 is 1.50 bits per heavy atom. The minimum atomic E-state index is -4.56. The summed E-state index contributed by atoms with van der Waals surface area (Å²) in [6, 6.07) is 0. The van der Waals surface area contributed by atoms with Crippen LogP contribution >= 0.6 is 0 Å². The van der Waals surface area contributed by atoms with E-state index in [1.165, 1.54) is 0 Å². The summed E-state index contributed by atoms with van der Waals surface area (Å²) < 4.78 is 32.6. The van der Waals surface area contributed by atoms with Crippen LogP contribution in [0.15, 0.2) is 0 Å². The molecule has 0 spiro atoms. The van der Waals surface area contributed by atoms with Gasteiger partial charge in [0.05, 0.1) is 0 Å². The fraction of sp³-hybridized carbons (Fsp3) is 1.00. The van der Waals surface area contributed by atoms with E-state index in [0.717, 1.165) is 0 Å². The Bertz CT molecular complexity index is 60.0. The molecule has 1 nitrogen and oxygen atoms in total. The largest absolute Gasteiger partial charge is 1.00 e. The molecule has 0 radical (unpaired) electrons. The zero-order chi connectivity index (χ0) is 6.08. The van der Waals surface area contributed by atoms with Crippen LogP contribution in [0.4, 0.5) is 13.2 Å². The van der Waals surface area contributed by atoms with E-state index in [4.69, 9.17) is 0 Å². The molecule has 0 aliphatic heterocycles. The van der Waals surface area contributed by atoms with Gasteiger partial charge in [-0.1, -0.05) is 6.92 Å². The fourth-order valence-electron chi connectivity index (χ4n) is 0. The molecule has 1 unspecified atom stereocenters. The summed E-state index contributed by atoms with van der Waals surface area (Å²) in [6.45, 7) is 0.569. The van der Waals surface area contributed by atoms with Crippen LogP contribution in [0.25, 0.3) is 0 Å². The van der Waals surface area contributed by atoms with Crippen LogP contribution in [0, 0.1) is 0 Å². The molecule has 0 fully saturated rings. The zero-order valence-electron chi connectivity index (χ0n) is 4.62. The Kier molecular flexibility index (Phi) is 4.74. The molecule has 0 N–H and O–H groups in total. The average molecular weight is 120 g/mol. The Balaban J connectivity index is 0. The fourth-order valence-corrected chi connectivity index (χ4v) is 0. The van der Waals surface area contributed by atoms with Gasteiger partial charge in [-0.3, -0.25) is 0 Å². The maximum absolute atomic E-state index is 10.9. The molecular formula is C3H4F3LiO. The summed E-state index contributed by atoms with van der Waals surface area (Å²) in [6.07, 6.45) is -7.01. The second-order valence-electron chi connectivity index (χ2n) is 1.18. The molecule has 0 aliphatic rings. The Morgan fingerprint density at radius 3 is 1.50 bits per heavy atom. The SMILES string of the molecule is CC([O-])C(F)(F)F.[Li+]. The molecule has 0 aromatic heterocycles. The third-order valence-corrected chi connectivity index (χ3v) is 0.461. The first-order valence-electron chi connectivity index (χ1n) is 1.67. The van der Waals surface area contributed by atoms with Crippen LogP contribution in [-0.4, -0.2) is 12.3 Å². The molecule has 1 atom stereocenters. The van der Waals surface area contributed by atoms with Gasteiger partial charge in [0.2, 0.25) is 0 Å². The van der Waals surface area contributed by atoms with Crippen molar-refractivity contribution in [1.29, 1.82) is 0 Å². The van der Waals surface area contributed by atoms with Gasteiger partial charge >= 0.3 is 25.0 Å². The maximum Gasteiger partial charge on any atom is 1.00 e. The molecule has 44 valence electrons. The van der Waals surface area contributed by atoms with E-state index in [0.29, 0.717) is 6.92 Å². The van der Waals surface area contributed by atoms with Crippen molar-refractivity contribution in [3.63, 3.8) is 0 Å². The third kappa shape index (κ3) is 4.50. The van der Waals surface area contributed by atoms with Gasteiger partial charge in [-0.15, -0.1) is 0 Å². The van der Waals surface area contributed by atoms with Crippen molar-refractivity contribution in [2.45, 2.75) is 19.2 Å². The van der Waals surface area contributed by atoms with Crippen LogP contribution in [0.1, 0.15) is 6.92 Å². The third-order valence-electron chi connectivity index (χ3n) is 0.461. The summed E-state index contributed by atoms with van der Waals surface area (Å²) in [5.41, 5.74) is 0. The van der Waals surface area contributed by atoms with E-state index in [9.17, 15) is 18.3 Å². The number of alkyl halides is 3. The summed E-state index contributed by atoms with van der Waals surface area (Å²) in [4.78, 5) is 0. The van der Waals surface area contributed by atoms with Gasteiger partial charge in [-0.05, 0) is 6.10 Å². The Labute approximate surface area is 57.1 Å². The smallest absolute Gasteiger partial charge is 0.846 e. The number of hydrogen-bond donors (Lipinski definition) is 0. The van der Waals surface area contributed by atoms with Crippen molar-refractivity contribution in [3.8, 4) is 0 Å². The van der Waals surface area contributed by atoms with Crippen LogP contribution < -0.4 is 24.0 Å². The van der Waals surface area contributed by atoms with Gasteiger partial charge in [0.15, 0.2) is 0 Å².